The van der Waals surface area contributed by atoms with Crippen molar-refractivity contribution < 1.29 is 4.79 Å². The molecule has 6 nitrogen and oxygen atoms in total. The van der Waals surface area contributed by atoms with Gasteiger partial charge in [-0.3, -0.25) is 9.59 Å². The van der Waals surface area contributed by atoms with Crippen molar-refractivity contribution in [1.82, 2.24) is 15.3 Å². The highest BCUT2D eigenvalue weighted by atomic mass is 32.1. The summed E-state index contributed by atoms with van der Waals surface area (Å²) in [6, 6.07) is 1.84. The Morgan fingerprint density at radius 2 is 2.43 bits per heavy atom. The van der Waals surface area contributed by atoms with Gasteiger partial charge in [-0.05, 0) is 24.3 Å². The predicted octanol–water partition coefficient (Wildman–Crippen LogP) is 1.23. The summed E-state index contributed by atoms with van der Waals surface area (Å²) in [6.45, 7) is 1.39. The standard InChI is InChI=1S/C14H16N4O2S/c19-13(10-3-7-21-9-10)17-11-2-1-6-18(8-11)12-14(20)16-5-4-15-12/h3-5,7,9,11H,1-2,6,8H2,(H,16,20)(H,17,19)/t11-/m1/s1. The summed E-state index contributed by atoms with van der Waals surface area (Å²) in [7, 11) is 0. The molecular formula is C14H16N4O2S. The Bertz CT molecular complexity index is 668. The minimum atomic E-state index is -0.192. The van der Waals surface area contributed by atoms with Crippen LogP contribution in [0, 0.1) is 0 Å². The van der Waals surface area contributed by atoms with Crippen molar-refractivity contribution in [1.29, 1.82) is 0 Å². The van der Waals surface area contributed by atoms with Crippen LogP contribution in [0.5, 0.6) is 0 Å². The molecule has 110 valence electrons. The van der Waals surface area contributed by atoms with Crippen molar-refractivity contribution in [3.63, 3.8) is 0 Å². The number of aromatic amines is 1. The van der Waals surface area contributed by atoms with Gasteiger partial charge in [-0.25, -0.2) is 4.98 Å². The minimum Gasteiger partial charge on any atom is -0.350 e. The minimum absolute atomic E-state index is 0.0348. The van der Waals surface area contributed by atoms with E-state index in [0.717, 1.165) is 19.4 Å². The zero-order chi connectivity index (χ0) is 14.7. The summed E-state index contributed by atoms with van der Waals surface area (Å²) in [4.78, 5) is 32.6. The Morgan fingerprint density at radius 3 is 3.19 bits per heavy atom. The number of piperidine rings is 1. The third-order valence-corrected chi connectivity index (χ3v) is 4.21. The molecule has 1 saturated heterocycles. The van der Waals surface area contributed by atoms with Gasteiger partial charge in [0.05, 0.1) is 0 Å². The van der Waals surface area contributed by atoms with Gasteiger partial charge in [0, 0.05) is 42.5 Å². The fourth-order valence-electron chi connectivity index (χ4n) is 2.52. The predicted molar refractivity (Wildman–Crippen MR) is 81.9 cm³/mol. The van der Waals surface area contributed by atoms with Gasteiger partial charge in [-0.15, -0.1) is 0 Å². The van der Waals surface area contributed by atoms with E-state index >= 15 is 0 Å². The Labute approximate surface area is 125 Å². The molecule has 0 spiro atoms. The van der Waals surface area contributed by atoms with Crippen molar-refractivity contribution in [2.45, 2.75) is 18.9 Å². The molecule has 7 heteroatoms. The van der Waals surface area contributed by atoms with E-state index in [9.17, 15) is 9.59 Å². The Morgan fingerprint density at radius 1 is 1.52 bits per heavy atom. The molecule has 1 aliphatic heterocycles. The molecule has 1 fully saturated rings. The first-order valence-corrected chi connectivity index (χ1v) is 7.80. The number of hydrogen-bond donors (Lipinski definition) is 2. The number of hydrogen-bond acceptors (Lipinski definition) is 5. The van der Waals surface area contributed by atoms with Crippen LogP contribution in [0.3, 0.4) is 0 Å². The van der Waals surface area contributed by atoms with E-state index in [1.165, 1.54) is 17.5 Å². The second-order valence-electron chi connectivity index (χ2n) is 5.01. The average Bonchev–Trinajstić information content (AvgIpc) is 3.02. The van der Waals surface area contributed by atoms with Crippen molar-refractivity contribution >= 4 is 23.1 Å². The van der Waals surface area contributed by atoms with Gasteiger partial charge in [0.2, 0.25) is 0 Å². The third kappa shape index (κ3) is 3.13. The highest BCUT2D eigenvalue weighted by Gasteiger charge is 2.24. The van der Waals surface area contributed by atoms with E-state index in [4.69, 9.17) is 0 Å². The number of anilines is 1. The van der Waals surface area contributed by atoms with Crippen LogP contribution in [-0.4, -0.2) is 35.0 Å². The van der Waals surface area contributed by atoms with Crippen LogP contribution < -0.4 is 15.8 Å². The second-order valence-corrected chi connectivity index (χ2v) is 5.79. The summed E-state index contributed by atoms with van der Waals surface area (Å²) >= 11 is 1.50. The zero-order valence-corrected chi connectivity index (χ0v) is 12.2. The fraction of sp³-hybridized carbons (Fsp3) is 0.357. The molecule has 1 amide bonds. The number of nitrogens with one attached hydrogen (secondary N) is 2. The van der Waals surface area contributed by atoms with Crippen LogP contribution in [0.2, 0.25) is 0 Å². The summed E-state index contributed by atoms with van der Waals surface area (Å²) in [6.07, 6.45) is 4.93. The number of thiophene rings is 1. The summed E-state index contributed by atoms with van der Waals surface area (Å²) in [5.74, 6) is 0.366. The maximum Gasteiger partial charge on any atom is 0.290 e. The van der Waals surface area contributed by atoms with E-state index in [1.54, 1.807) is 6.20 Å². The van der Waals surface area contributed by atoms with Gasteiger partial charge in [0.25, 0.3) is 11.5 Å². The molecule has 0 aliphatic carbocycles. The topological polar surface area (TPSA) is 78.1 Å². The van der Waals surface area contributed by atoms with Crippen molar-refractivity contribution in [2.24, 2.45) is 0 Å². The van der Waals surface area contributed by atoms with Crippen LogP contribution >= 0.6 is 11.3 Å². The monoisotopic (exact) mass is 304 g/mol. The van der Waals surface area contributed by atoms with Crippen molar-refractivity contribution in [2.75, 3.05) is 18.0 Å². The smallest absolute Gasteiger partial charge is 0.290 e. The zero-order valence-electron chi connectivity index (χ0n) is 11.4. The second kappa shape index (κ2) is 6.09. The fourth-order valence-corrected chi connectivity index (χ4v) is 3.15. The Kier molecular flexibility index (Phi) is 4.01. The average molecular weight is 304 g/mol. The molecule has 2 N–H and O–H groups in total. The van der Waals surface area contributed by atoms with E-state index < -0.39 is 0 Å². The molecule has 0 radical (unpaired) electrons. The summed E-state index contributed by atoms with van der Waals surface area (Å²) in [5, 5.41) is 6.74. The SMILES string of the molecule is O=C(N[C@@H]1CCCN(c2ncc[nH]c2=O)C1)c1ccsc1. The van der Waals surface area contributed by atoms with Gasteiger partial charge in [0.15, 0.2) is 5.82 Å². The maximum absolute atomic E-state index is 12.1. The molecule has 3 heterocycles. The van der Waals surface area contributed by atoms with Crippen LogP contribution in [0.1, 0.15) is 23.2 Å². The molecule has 0 aromatic carbocycles. The van der Waals surface area contributed by atoms with Gasteiger partial charge in [0.1, 0.15) is 0 Å². The van der Waals surface area contributed by atoms with Crippen LogP contribution in [0.25, 0.3) is 0 Å². The third-order valence-electron chi connectivity index (χ3n) is 3.53. The molecule has 0 unspecified atom stereocenters. The van der Waals surface area contributed by atoms with E-state index in [-0.39, 0.29) is 17.5 Å². The quantitative estimate of drug-likeness (QED) is 0.894. The normalized spacial score (nSPS) is 18.5. The molecule has 2 aromatic heterocycles. The molecule has 3 rings (SSSR count). The number of aromatic nitrogens is 2. The van der Waals surface area contributed by atoms with Crippen LogP contribution in [0.4, 0.5) is 5.82 Å². The molecular weight excluding hydrogens is 288 g/mol. The van der Waals surface area contributed by atoms with Gasteiger partial charge >= 0.3 is 0 Å². The van der Waals surface area contributed by atoms with Gasteiger partial charge < -0.3 is 15.2 Å². The molecule has 0 saturated carbocycles. The summed E-state index contributed by atoms with van der Waals surface area (Å²) < 4.78 is 0. The van der Waals surface area contributed by atoms with Crippen LogP contribution in [0.15, 0.2) is 34.0 Å². The first-order chi connectivity index (χ1) is 10.2. The lowest BCUT2D eigenvalue weighted by Crippen LogP contribution is -2.49. The first kappa shape index (κ1) is 13.8. The number of nitrogens with zero attached hydrogens (tertiary/aromatic N) is 2. The molecule has 21 heavy (non-hydrogen) atoms. The van der Waals surface area contributed by atoms with E-state index in [2.05, 4.69) is 15.3 Å². The lowest BCUT2D eigenvalue weighted by Gasteiger charge is -2.33. The molecule has 1 atom stereocenters. The highest BCUT2D eigenvalue weighted by molar-refractivity contribution is 7.08. The van der Waals surface area contributed by atoms with Crippen molar-refractivity contribution in [3.05, 3.63) is 45.1 Å². The number of carbonyl (C=O) groups is 1. The van der Waals surface area contributed by atoms with E-state index in [0.29, 0.717) is 17.9 Å². The summed E-state index contributed by atoms with van der Waals surface area (Å²) in [5.41, 5.74) is 0.495. The van der Waals surface area contributed by atoms with E-state index in [1.807, 2.05) is 21.7 Å². The molecule has 1 aliphatic rings. The number of H-pyrrole nitrogens is 1. The Balaban J connectivity index is 1.68. The first-order valence-electron chi connectivity index (χ1n) is 6.86. The largest absolute Gasteiger partial charge is 0.350 e. The lowest BCUT2D eigenvalue weighted by atomic mass is 10.1. The van der Waals surface area contributed by atoms with Gasteiger partial charge in [-0.1, -0.05) is 0 Å². The molecule has 2 aromatic rings. The van der Waals surface area contributed by atoms with Crippen LogP contribution in [-0.2, 0) is 0 Å². The maximum atomic E-state index is 12.1. The Hall–Kier alpha value is -2.15. The molecule has 0 bridgehead atoms. The van der Waals surface area contributed by atoms with Crippen molar-refractivity contribution in [3.8, 4) is 0 Å². The van der Waals surface area contributed by atoms with Gasteiger partial charge in [-0.2, -0.15) is 11.3 Å². The highest BCUT2D eigenvalue weighted by Crippen LogP contribution is 2.15. The number of amides is 1. The number of rotatable bonds is 3. The number of carbonyl (C=O) groups excluding carboxylic acids is 1. The lowest BCUT2D eigenvalue weighted by molar-refractivity contribution is 0.0933.